The number of halogens is 4. The summed E-state index contributed by atoms with van der Waals surface area (Å²) in [4.78, 5) is 26.6. The molecule has 2 aliphatic rings. The number of hydrogen-bond donors (Lipinski definition) is 3. The Morgan fingerprint density at radius 2 is 1.73 bits per heavy atom. The van der Waals surface area contributed by atoms with Crippen LogP contribution in [0.15, 0.2) is 60.7 Å². The number of sulfonamides is 1. The van der Waals surface area contributed by atoms with E-state index in [-0.39, 0.29) is 29.3 Å². The van der Waals surface area contributed by atoms with Crippen molar-refractivity contribution in [2.24, 2.45) is 0 Å². The largest absolute Gasteiger partial charge is 0.453 e. The van der Waals surface area contributed by atoms with E-state index in [1.165, 1.54) is 28.8 Å². The molecule has 15 heteroatoms. The van der Waals surface area contributed by atoms with Gasteiger partial charge in [-0.3, -0.25) is 4.79 Å². The SMILES string of the molecule is COC(=O)NC(C(=O)Nc1cccc(F)c1CCC1CNCC2(CCN(S(C)(=O)=O)CC2)O1)C(c1ccc(Cl)cc1)c1cc(F)cc(F)c1. The van der Waals surface area contributed by atoms with Crippen LogP contribution in [0.2, 0.25) is 5.02 Å². The average molecular weight is 723 g/mol. The average Bonchev–Trinajstić information content (AvgIpc) is 3.04. The zero-order valence-electron chi connectivity index (χ0n) is 27.0. The summed E-state index contributed by atoms with van der Waals surface area (Å²) in [6.45, 7) is 1.76. The molecule has 3 unspecified atom stereocenters. The number of carbonyl (C=O) groups excluding carboxylic acids is 2. The molecule has 10 nitrogen and oxygen atoms in total. The standard InChI is InChI=1S/C34H38ClF3N4O6S/c1-47-33(44)41-31(30(21-6-8-23(35)9-7-21)22-16-24(36)18-25(37)17-22)32(43)40-29-5-3-4-28(38)27(29)11-10-26-19-39-20-34(48-26)12-14-42(15-13-34)49(2,45)46/h3-9,16-18,26,30-31,39H,10-15,19-20H2,1-2H3,(H,40,43)(H,41,44). The first-order chi connectivity index (χ1) is 23.3. The summed E-state index contributed by atoms with van der Waals surface area (Å²) < 4.78 is 81.0. The predicted molar refractivity (Wildman–Crippen MR) is 178 cm³/mol. The smallest absolute Gasteiger partial charge is 0.407 e. The molecule has 3 aromatic carbocycles. The number of ether oxygens (including phenoxy) is 2. The highest BCUT2D eigenvalue weighted by atomic mass is 35.5. The number of methoxy groups -OCH3 is 1. The molecule has 3 N–H and O–H groups in total. The van der Waals surface area contributed by atoms with E-state index in [0.717, 1.165) is 19.2 Å². The second-order valence-corrected chi connectivity index (χ2v) is 14.8. The molecule has 0 saturated carbocycles. The molecule has 5 rings (SSSR count). The molecule has 2 saturated heterocycles. The summed E-state index contributed by atoms with van der Waals surface area (Å²) in [5.74, 6) is -4.27. The Kier molecular flexibility index (Phi) is 11.5. The van der Waals surface area contributed by atoms with Crippen LogP contribution >= 0.6 is 11.6 Å². The normalized spacial score (nSPS) is 19.2. The van der Waals surface area contributed by atoms with Gasteiger partial charge in [-0.1, -0.05) is 29.8 Å². The fraction of sp³-hybridized carbons (Fsp3) is 0.412. The van der Waals surface area contributed by atoms with Crippen molar-refractivity contribution < 1.29 is 40.7 Å². The Balaban J connectivity index is 1.38. The zero-order chi connectivity index (χ0) is 35.3. The second-order valence-electron chi connectivity index (χ2n) is 12.4. The summed E-state index contributed by atoms with van der Waals surface area (Å²) in [5.41, 5.74) is 0.248. The van der Waals surface area contributed by atoms with Crippen LogP contribution in [0.25, 0.3) is 0 Å². The number of nitrogens with one attached hydrogen (secondary N) is 3. The van der Waals surface area contributed by atoms with Gasteiger partial charge in [-0.25, -0.2) is 30.7 Å². The van der Waals surface area contributed by atoms with Gasteiger partial charge in [-0.05, 0) is 73.2 Å². The van der Waals surface area contributed by atoms with E-state index in [2.05, 4.69) is 16.0 Å². The third-order valence-electron chi connectivity index (χ3n) is 8.98. The van der Waals surface area contributed by atoms with Gasteiger partial charge in [0.2, 0.25) is 15.9 Å². The summed E-state index contributed by atoms with van der Waals surface area (Å²) in [6, 6.07) is 11.8. The number of carbonyl (C=O) groups is 2. The molecule has 2 aliphatic heterocycles. The molecule has 1 spiro atoms. The quantitative estimate of drug-likeness (QED) is 0.270. The van der Waals surface area contributed by atoms with E-state index >= 15 is 4.39 Å². The number of nitrogens with zero attached hydrogens (tertiary/aromatic N) is 1. The van der Waals surface area contributed by atoms with Crippen LogP contribution in [0.3, 0.4) is 0 Å². The number of benzene rings is 3. The summed E-state index contributed by atoms with van der Waals surface area (Å²) in [6.07, 6.45) is 1.48. The minimum atomic E-state index is -3.31. The van der Waals surface area contributed by atoms with E-state index in [9.17, 15) is 26.8 Å². The van der Waals surface area contributed by atoms with E-state index in [4.69, 9.17) is 21.1 Å². The first-order valence-electron chi connectivity index (χ1n) is 15.7. The fourth-order valence-corrected chi connectivity index (χ4v) is 7.48. The molecular weight excluding hydrogens is 685 g/mol. The van der Waals surface area contributed by atoms with Gasteiger partial charge >= 0.3 is 6.09 Å². The van der Waals surface area contributed by atoms with Crippen LogP contribution in [0, 0.1) is 17.5 Å². The number of alkyl carbamates (subject to hydrolysis) is 1. The zero-order valence-corrected chi connectivity index (χ0v) is 28.6. The minimum absolute atomic E-state index is 0.0501. The Bertz CT molecular complexity index is 1750. The van der Waals surface area contributed by atoms with Gasteiger partial charge < -0.3 is 25.4 Å². The number of anilines is 1. The number of rotatable bonds is 10. The topological polar surface area (TPSA) is 126 Å². The van der Waals surface area contributed by atoms with Gasteiger partial charge in [-0.2, -0.15) is 0 Å². The van der Waals surface area contributed by atoms with Crippen LogP contribution in [0.1, 0.15) is 41.9 Å². The molecule has 2 fully saturated rings. The van der Waals surface area contributed by atoms with Gasteiger partial charge in [-0.15, -0.1) is 0 Å². The molecule has 2 amide bonds. The highest BCUT2D eigenvalue weighted by Gasteiger charge is 2.42. The molecule has 2 heterocycles. The summed E-state index contributed by atoms with van der Waals surface area (Å²) >= 11 is 6.09. The molecule has 0 aromatic heterocycles. The van der Waals surface area contributed by atoms with Crippen molar-refractivity contribution in [1.29, 1.82) is 0 Å². The van der Waals surface area contributed by atoms with Crippen molar-refractivity contribution in [3.63, 3.8) is 0 Å². The van der Waals surface area contributed by atoms with Crippen LogP contribution in [-0.2, 0) is 30.7 Å². The van der Waals surface area contributed by atoms with Crippen molar-refractivity contribution in [2.45, 2.75) is 49.3 Å². The van der Waals surface area contributed by atoms with Crippen LogP contribution in [-0.4, -0.2) is 82.0 Å². The van der Waals surface area contributed by atoms with Gasteiger partial charge in [0, 0.05) is 54.4 Å². The molecule has 0 radical (unpaired) electrons. The second kappa shape index (κ2) is 15.5. The van der Waals surface area contributed by atoms with Gasteiger partial charge in [0.1, 0.15) is 23.5 Å². The molecule has 3 atom stereocenters. The van der Waals surface area contributed by atoms with E-state index in [1.54, 1.807) is 24.3 Å². The van der Waals surface area contributed by atoms with Crippen molar-refractivity contribution in [3.05, 3.63) is 99.8 Å². The Labute approximate surface area is 288 Å². The van der Waals surface area contributed by atoms with E-state index in [0.29, 0.717) is 62.1 Å². The molecule has 0 aliphatic carbocycles. The summed E-state index contributed by atoms with van der Waals surface area (Å²) in [7, 11) is -2.20. The number of hydrogen-bond acceptors (Lipinski definition) is 7. The van der Waals surface area contributed by atoms with Crippen molar-refractivity contribution >= 4 is 39.3 Å². The minimum Gasteiger partial charge on any atom is -0.453 e. The maximum Gasteiger partial charge on any atom is 0.407 e. The highest BCUT2D eigenvalue weighted by molar-refractivity contribution is 7.88. The highest BCUT2D eigenvalue weighted by Crippen LogP contribution is 2.34. The lowest BCUT2D eigenvalue weighted by molar-refractivity contribution is -0.137. The predicted octanol–water partition coefficient (Wildman–Crippen LogP) is 4.97. The van der Waals surface area contributed by atoms with Gasteiger partial charge in [0.05, 0.1) is 25.1 Å². The molecule has 264 valence electrons. The maximum atomic E-state index is 15.4. The third kappa shape index (κ3) is 9.11. The lowest BCUT2D eigenvalue weighted by Gasteiger charge is -2.46. The Morgan fingerprint density at radius 3 is 2.37 bits per heavy atom. The number of piperidine rings is 1. The molecular formula is C34H38ClF3N4O6S. The lowest BCUT2D eigenvalue weighted by atomic mass is 9.84. The van der Waals surface area contributed by atoms with Gasteiger partial charge in [0.25, 0.3) is 0 Å². The Morgan fingerprint density at radius 1 is 1.06 bits per heavy atom. The first-order valence-corrected chi connectivity index (χ1v) is 18.0. The van der Waals surface area contributed by atoms with Crippen molar-refractivity contribution in [3.8, 4) is 0 Å². The Hall–Kier alpha value is -3.69. The number of amides is 2. The van der Waals surface area contributed by atoms with E-state index in [1.807, 2.05) is 0 Å². The third-order valence-corrected chi connectivity index (χ3v) is 10.5. The van der Waals surface area contributed by atoms with Crippen LogP contribution in [0.4, 0.5) is 23.7 Å². The molecule has 49 heavy (non-hydrogen) atoms. The monoisotopic (exact) mass is 722 g/mol. The fourth-order valence-electron chi connectivity index (χ4n) is 6.51. The van der Waals surface area contributed by atoms with Crippen molar-refractivity contribution in [2.75, 3.05) is 44.9 Å². The number of morpholine rings is 1. The summed E-state index contributed by atoms with van der Waals surface area (Å²) in [5, 5.41) is 8.96. The molecule has 3 aromatic rings. The maximum absolute atomic E-state index is 15.4. The van der Waals surface area contributed by atoms with E-state index < -0.39 is 57.0 Å². The first kappa shape index (κ1) is 36.6. The van der Waals surface area contributed by atoms with Crippen molar-refractivity contribution in [1.82, 2.24) is 14.9 Å². The molecule has 0 bridgehead atoms. The van der Waals surface area contributed by atoms with Crippen LogP contribution < -0.4 is 16.0 Å². The van der Waals surface area contributed by atoms with Gasteiger partial charge in [0.15, 0.2) is 0 Å². The van der Waals surface area contributed by atoms with Crippen LogP contribution in [0.5, 0.6) is 0 Å². The lowest BCUT2D eigenvalue weighted by Crippen LogP contribution is -2.58.